The summed E-state index contributed by atoms with van der Waals surface area (Å²) in [4.78, 5) is 29.1. The van der Waals surface area contributed by atoms with Gasteiger partial charge in [0.25, 0.3) is 5.91 Å². The molecule has 4 rings (SSSR count). The second-order valence-corrected chi connectivity index (χ2v) is 6.65. The Labute approximate surface area is 157 Å². The highest BCUT2D eigenvalue weighted by Gasteiger charge is 2.16. The van der Waals surface area contributed by atoms with E-state index in [-0.39, 0.29) is 5.69 Å². The van der Waals surface area contributed by atoms with Crippen LogP contribution in [0.3, 0.4) is 0 Å². The molecule has 1 N–H and O–H groups in total. The minimum Gasteiger partial charge on any atom is -0.497 e. The maximum absolute atomic E-state index is 12.6. The zero-order valence-electron chi connectivity index (χ0n) is 14.2. The molecule has 0 unspecified atom stereocenters. The van der Waals surface area contributed by atoms with E-state index in [4.69, 9.17) is 4.74 Å². The number of fused-ring (bicyclic) bond motifs is 1. The lowest BCUT2D eigenvalue weighted by Gasteiger charge is -2.06. The monoisotopic (exact) mass is 378 g/mol. The van der Waals surface area contributed by atoms with E-state index in [1.807, 2.05) is 42.5 Å². The third kappa shape index (κ3) is 3.42. The van der Waals surface area contributed by atoms with Crippen LogP contribution in [0.1, 0.15) is 10.5 Å². The normalized spacial score (nSPS) is 10.7. The summed E-state index contributed by atoms with van der Waals surface area (Å²) < 4.78 is 7.54. The van der Waals surface area contributed by atoms with Crippen molar-refractivity contribution in [2.45, 2.75) is 0 Å². The molecule has 0 aliphatic heterocycles. The number of amides is 1. The Morgan fingerprint density at radius 2 is 1.96 bits per heavy atom. The molecule has 0 saturated heterocycles. The fraction of sp³-hybridized carbons (Fsp3) is 0.0526. The number of aromatic nitrogens is 3. The van der Waals surface area contributed by atoms with Crippen LogP contribution >= 0.6 is 11.3 Å². The Balaban J connectivity index is 1.64. The van der Waals surface area contributed by atoms with E-state index < -0.39 is 11.3 Å². The number of ether oxygens (including phenoxy) is 1. The maximum atomic E-state index is 12.6. The molecule has 0 spiro atoms. The van der Waals surface area contributed by atoms with E-state index in [1.165, 1.54) is 28.3 Å². The maximum Gasteiger partial charge on any atom is 0.281 e. The quantitative estimate of drug-likeness (QED) is 0.590. The third-order valence-electron chi connectivity index (χ3n) is 3.86. The molecule has 134 valence electrons. The highest BCUT2D eigenvalue weighted by atomic mass is 32.1. The molecular weight excluding hydrogens is 364 g/mol. The van der Waals surface area contributed by atoms with Gasteiger partial charge >= 0.3 is 0 Å². The first-order valence-electron chi connectivity index (χ1n) is 8.05. The van der Waals surface area contributed by atoms with Crippen LogP contribution in [-0.4, -0.2) is 27.8 Å². The SMILES string of the molecule is COc1ccc2nc(NC(=O)c3nn(-c4ccccc4)ccc3=O)sc2c1. The summed E-state index contributed by atoms with van der Waals surface area (Å²) in [5.41, 5.74) is 0.832. The van der Waals surface area contributed by atoms with Gasteiger partial charge in [-0.25, -0.2) is 9.67 Å². The summed E-state index contributed by atoms with van der Waals surface area (Å²) in [5.74, 6) is 0.107. The molecule has 4 aromatic rings. The molecule has 7 nitrogen and oxygen atoms in total. The Bertz CT molecular complexity index is 1180. The summed E-state index contributed by atoms with van der Waals surface area (Å²) >= 11 is 1.30. The average molecular weight is 378 g/mol. The van der Waals surface area contributed by atoms with Crippen LogP contribution in [0, 0.1) is 0 Å². The van der Waals surface area contributed by atoms with Crippen molar-refractivity contribution in [1.29, 1.82) is 0 Å². The number of methoxy groups -OCH3 is 1. The van der Waals surface area contributed by atoms with Crippen molar-refractivity contribution >= 4 is 32.6 Å². The minimum atomic E-state index is -0.601. The van der Waals surface area contributed by atoms with Crippen LogP contribution in [-0.2, 0) is 0 Å². The van der Waals surface area contributed by atoms with Crippen LogP contribution in [0.4, 0.5) is 5.13 Å². The van der Waals surface area contributed by atoms with Gasteiger partial charge < -0.3 is 4.74 Å². The average Bonchev–Trinajstić information content (AvgIpc) is 3.10. The van der Waals surface area contributed by atoms with E-state index in [0.717, 1.165) is 15.9 Å². The van der Waals surface area contributed by atoms with Crippen molar-refractivity contribution < 1.29 is 9.53 Å². The molecule has 0 aliphatic carbocycles. The molecule has 2 aromatic carbocycles. The Morgan fingerprint density at radius 3 is 2.74 bits per heavy atom. The summed E-state index contributed by atoms with van der Waals surface area (Å²) in [6, 6.07) is 16.0. The van der Waals surface area contributed by atoms with Gasteiger partial charge in [0.15, 0.2) is 10.8 Å². The number of carbonyl (C=O) groups is 1. The van der Waals surface area contributed by atoms with Crippen LogP contribution < -0.4 is 15.5 Å². The van der Waals surface area contributed by atoms with Gasteiger partial charge in [0.1, 0.15) is 5.75 Å². The number of nitrogens with one attached hydrogen (secondary N) is 1. The Kier molecular flexibility index (Phi) is 4.39. The van der Waals surface area contributed by atoms with Gasteiger partial charge in [0.2, 0.25) is 5.43 Å². The van der Waals surface area contributed by atoms with E-state index in [2.05, 4.69) is 15.4 Å². The van der Waals surface area contributed by atoms with Crippen molar-refractivity contribution in [2.24, 2.45) is 0 Å². The summed E-state index contributed by atoms with van der Waals surface area (Å²) in [6.45, 7) is 0. The van der Waals surface area contributed by atoms with Gasteiger partial charge in [-0.1, -0.05) is 29.5 Å². The second-order valence-electron chi connectivity index (χ2n) is 5.62. The number of benzene rings is 2. The van der Waals surface area contributed by atoms with Crippen molar-refractivity contribution in [3.05, 3.63) is 76.7 Å². The van der Waals surface area contributed by atoms with Gasteiger partial charge in [0.05, 0.1) is 23.0 Å². The molecule has 0 atom stereocenters. The highest BCUT2D eigenvalue weighted by molar-refractivity contribution is 7.22. The smallest absolute Gasteiger partial charge is 0.281 e. The molecule has 0 fully saturated rings. The first kappa shape index (κ1) is 16.9. The van der Waals surface area contributed by atoms with Gasteiger partial charge in [-0.05, 0) is 30.3 Å². The number of hydrogen-bond donors (Lipinski definition) is 1. The molecule has 0 saturated carbocycles. The number of thiazole rings is 1. The predicted molar refractivity (Wildman–Crippen MR) is 104 cm³/mol. The van der Waals surface area contributed by atoms with Crippen molar-refractivity contribution in [2.75, 3.05) is 12.4 Å². The molecule has 0 aliphatic rings. The number of para-hydroxylation sites is 1. The molecule has 0 radical (unpaired) electrons. The summed E-state index contributed by atoms with van der Waals surface area (Å²) in [7, 11) is 1.59. The van der Waals surface area contributed by atoms with Crippen molar-refractivity contribution in [3.63, 3.8) is 0 Å². The number of anilines is 1. The van der Waals surface area contributed by atoms with Gasteiger partial charge in [-0.2, -0.15) is 5.10 Å². The fourth-order valence-electron chi connectivity index (χ4n) is 2.53. The summed E-state index contributed by atoms with van der Waals surface area (Å²) in [5, 5.41) is 7.21. The Morgan fingerprint density at radius 1 is 1.15 bits per heavy atom. The topological polar surface area (TPSA) is 86.1 Å². The first-order chi connectivity index (χ1) is 13.1. The Hall–Kier alpha value is -3.52. The molecular formula is C19H14N4O3S. The van der Waals surface area contributed by atoms with Crippen molar-refractivity contribution in [3.8, 4) is 11.4 Å². The third-order valence-corrected chi connectivity index (χ3v) is 4.79. The molecule has 8 heteroatoms. The number of carbonyl (C=O) groups excluding carboxylic acids is 1. The lowest BCUT2D eigenvalue weighted by Crippen LogP contribution is -2.25. The zero-order valence-corrected chi connectivity index (χ0v) is 15.1. The number of rotatable bonds is 4. The van der Waals surface area contributed by atoms with Gasteiger partial charge in [-0.15, -0.1) is 0 Å². The fourth-order valence-corrected chi connectivity index (χ4v) is 3.42. The van der Waals surface area contributed by atoms with Crippen LogP contribution in [0.25, 0.3) is 15.9 Å². The van der Waals surface area contributed by atoms with E-state index >= 15 is 0 Å². The predicted octanol–water partition coefficient (Wildman–Crippen LogP) is 3.10. The summed E-state index contributed by atoms with van der Waals surface area (Å²) in [6.07, 6.45) is 1.53. The molecule has 2 aromatic heterocycles. The zero-order chi connectivity index (χ0) is 18.8. The molecule has 2 heterocycles. The minimum absolute atomic E-state index is 0.196. The number of hydrogen-bond acceptors (Lipinski definition) is 6. The van der Waals surface area contributed by atoms with Crippen LogP contribution in [0.5, 0.6) is 5.75 Å². The molecule has 0 bridgehead atoms. The standard InChI is InChI=1S/C19H14N4O3S/c1-26-13-7-8-14-16(11-13)27-19(20-14)21-18(25)17-15(24)9-10-23(22-17)12-5-3-2-4-6-12/h2-11H,1H3,(H,20,21,25). The van der Waals surface area contributed by atoms with Gasteiger partial charge in [0, 0.05) is 12.3 Å². The number of nitrogens with zero attached hydrogens (tertiary/aromatic N) is 3. The van der Waals surface area contributed by atoms with Crippen LogP contribution in [0.15, 0.2) is 65.6 Å². The van der Waals surface area contributed by atoms with Gasteiger partial charge in [-0.3, -0.25) is 14.9 Å². The van der Waals surface area contributed by atoms with Crippen molar-refractivity contribution in [1.82, 2.24) is 14.8 Å². The first-order valence-corrected chi connectivity index (χ1v) is 8.87. The second kappa shape index (κ2) is 7.00. The molecule has 27 heavy (non-hydrogen) atoms. The lowest BCUT2D eigenvalue weighted by molar-refractivity contribution is 0.101. The lowest BCUT2D eigenvalue weighted by atomic mass is 10.3. The van der Waals surface area contributed by atoms with E-state index in [9.17, 15) is 9.59 Å². The largest absolute Gasteiger partial charge is 0.497 e. The van der Waals surface area contributed by atoms with E-state index in [1.54, 1.807) is 13.2 Å². The highest BCUT2D eigenvalue weighted by Crippen LogP contribution is 2.29. The molecule has 1 amide bonds. The van der Waals surface area contributed by atoms with E-state index in [0.29, 0.717) is 10.9 Å². The van der Waals surface area contributed by atoms with Crippen LogP contribution in [0.2, 0.25) is 0 Å².